The Bertz CT molecular complexity index is 576. The quantitative estimate of drug-likeness (QED) is 0.438. The van der Waals surface area contributed by atoms with Gasteiger partial charge in [0.15, 0.2) is 6.61 Å². The van der Waals surface area contributed by atoms with Crippen LogP contribution in [0.25, 0.3) is 6.08 Å². The summed E-state index contributed by atoms with van der Waals surface area (Å²) in [6.07, 6.45) is 5.17. The standard InChI is InChI=1S/C16H18N2O3S/c1-18(11-3-10-17)15(19)12-21-16(20)9-6-13-4-7-14(22-2)8-5-13/h4-9H,3,11-12H2,1-2H3. The average Bonchev–Trinajstić information content (AvgIpc) is 2.55. The highest BCUT2D eigenvalue weighted by Gasteiger charge is 2.10. The number of carbonyl (C=O) groups excluding carboxylic acids is 2. The molecule has 6 heteroatoms. The molecule has 0 fully saturated rings. The van der Waals surface area contributed by atoms with Crippen LogP contribution >= 0.6 is 11.8 Å². The van der Waals surface area contributed by atoms with Crippen molar-refractivity contribution in [2.24, 2.45) is 0 Å². The maximum atomic E-state index is 11.6. The zero-order valence-corrected chi connectivity index (χ0v) is 13.4. The molecule has 0 heterocycles. The molecule has 0 aliphatic heterocycles. The van der Waals surface area contributed by atoms with Gasteiger partial charge in [0, 0.05) is 24.6 Å². The van der Waals surface area contributed by atoms with Gasteiger partial charge in [-0.25, -0.2) is 4.79 Å². The number of nitriles is 1. The molecule has 1 aromatic rings. The summed E-state index contributed by atoms with van der Waals surface area (Å²) in [5.41, 5.74) is 0.882. The highest BCUT2D eigenvalue weighted by atomic mass is 32.2. The molecule has 1 rings (SSSR count). The van der Waals surface area contributed by atoms with Crippen LogP contribution in [0.1, 0.15) is 12.0 Å². The Labute approximate surface area is 134 Å². The van der Waals surface area contributed by atoms with Crippen LogP contribution < -0.4 is 0 Å². The maximum Gasteiger partial charge on any atom is 0.331 e. The van der Waals surface area contributed by atoms with Crippen molar-refractivity contribution in [1.82, 2.24) is 4.90 Å². The number of amides is 1. The predicted molar refractivity (Wildman–Crippen MR) is 86.1 cm³/mol. The topological polar surface area (TPSA) is 70.4 Å². The maximum absolute atomic E-state index is 11.6. The van der Waals surface area contributed by atoms with Gasteiger partial charge >= 0.3 is 5.97 Å². The zero-order valence-electron chi connectivity index (χ0n) is 12.6. The average molecular weight is 318 g/mol. The lowest BCUT2D eigenvalue weighted by atomic mass is 10.2. The van der Waals surface area contributed by atoms with E-state index in [1.54, 1.807) is 24.9 Å². The van der Waals surface area contributed by atoms with Crippen LogP contribution in [0.5, 0.6) is 0 Å². The van der Waals surface area contributed by atoms with Gasteiger partial charge in [-0.15, -0.1) is 11.8 Å². The van der Waals surface area contributed by atoms with Crippen LogP contribution in [0.4, 0.5) is 0 Å². The molecule has 0 unspecified atom stereocenters. The first-order valence-corrected chi connectivity index (χ1v) is 7.89. The molecule has 5 nitrogen and oxygen atoms in total. The van der Waals surface area contributed by atoms with E-state index in [0.29, 0.717) is 6.54 Å². The Morgan fingerprint density at radius 2 is 2.05 bits per heavy atom. The van der Waals surface area contributed by atoms with Crippen molar-refractivity contribution in [3.05, 3.63) is 35.9 Å². The van der Waals surface area contributed by atoms with Gasteiger partial charge in [-0.1, -0.05) is 12.1 Å². The summed E-state index contributed by atoms with van der Waals surface area (Å²) < 4.78 is 4.87. The molecule has 0 saturated heterocycles. The normalized spacial score (nSPS) is 10.2. The van der Waals surface area contributed by atoms with Gasteiger partial charge in [0.1, 0.15) is 0 Å². The Hall–Kier alpha value is -2.26. The number of ether oxygens (including phenoxy) is 1. The molecular weight excluding hydrogens is 300 g/mol. The SMILES string of the molecule is CSc1ccc(C=CC(=O)OCC(=O)N(C)CCC#N)cc1. The van der Waals surface area contributed by atoms with E-state index in [2.05, 4.69) is 0 Å². The second-order valence-corrected chi connectivity index (χ2v) is 5.32. The fraction of sp³-hybridized carbons (Fsp3) is 0.312. The molecule has 0 aromatic heterocycles. The first-order valence-electron chi connectivity index (χ1n) is 6.66. The molecule has 1 amide bonds. The summed E-state index contributed by atoms with van der Waals surface area (Å²) in [6, 6.07) is 9.67. The number of thioether (sulfide) groups is 1. The van der Waals surface area contributed by atoms with Gasteiger partial charge < -0.3 is 9.64 Å². The summed E-state index contributed by atoms with van der Waals surface area (Å²) in [6.45, 7) is 0.00102. The summed E-state index contributed by atoms with van der Waals surface area (Å²) >= 11 is 1.64. The van der Waals surface area contributed by atoms with Crippen molar-refractivity contribution in [1.29, 1.82) is 5.26 Å². The smallest absolute Gasteiger partial charge is 0.331 e. The molecule has 0 N–H and O–H groups in total. The third kappa shape index (κ3) is 6.46. The summed E-state index contributed by atoms with van der Waals surface area (Å²) in [5.74, 6) is -0.905. The number of benzene rings is 1. The fourth-order valence-electron chi connectivity index (χ4n) is 1.51. The van der Waals surface area contributed by atoms with Crippen LogP contribution in [0.15, 0.2) is 35.2 Å². The summed E-state index contributed by atoms with van der Waals surface area (Å²) in [5, 5.41) is 8.44. The number of hydrogen-bond acceptors (Lipinski definition) is 5. The van der Waals surface area contributed by atoms with Gasteiger partial charge in [-0.05, 0) is 30.0 Å². The van der Waals surface area contributed by atoms with Gasteiger partial charge in [0.25, 0.3) is 5.91 Å². The molecule has 0 aliphatic carbocycles. The summed E-state index contributed by atoms with van der Waals surface area (Å²) in [7, 11) is 1.57. The van der Waals surface area contributed by atoms with E-state index >= 15 is 0 Å². The van der Waals surface area contributed by atoms with Gasteiger partial charge in [0.2, 0.25) is 0 Å². The van der Waals surface area contributed by atoms with Crippen LogP contribution in [0, 0.1) is 11.3 Å². The van der Waals surface area contributed by atoms with E-state index in [1.165, 1.54) is 11.0 Å². The second-order valence-electron chi connectivity index (χ2n) is 4.44. The summed E-state index contributed by atoms with van der Waals surface area (Å²) in [4.78, 5) is 25.7. The molecule has 0 spiro atoms. The third-order valence-electron chi connectivity index (χ3n) is 2.85. The van der Waals surface area contributed by atoms with Gasteiger partial charge in [-0.2, -0.15) is 5.26 Å². The van der Waals surface area contributed by atoms with Crippen LogP contribution in [-0.2, 0) is 14.3 Å². The van der Waals surface area contributed by atoms with Crippen molar-refractivity contribution in [3.8, 4) is 6.07 Å². The number of hydrogen-bond donors (Lipinski definition) is 0. The van der Waals surface area contributed by atoms with Crippen LogP contribution in [0.3, 0.4) is 0 Å². The van der Waals surface area contributed by atoms with Gasteiger partial charge in [-0.3, -0.25) is 4.79 Å². The third-order valence-corrected chi connectivity index (χ3v) is 3.59. The van der Waals surface area contributed by atoms with Gasteiger partial charge in [0.05, 0.1) is 12.5 Å². The van der Waals surface area contributed by atoms with E-state index in [4.69, 9.17) is 10.00 Å². The monoisotopic (exact) mass is 318 g/mol. The van der Waals surface area contributed by atoms with Crippen molar-refractivity contribution in [2.75, 3.05) is 26.5 Å². The fourth-order valence-corrected chi connectivity index (χ4v) is 1.92. The number of nitrogens with zero attached hydrogens (tertiary/aromatic N) is 2. The van der Waals surface area contributed by atoms with E-state index in [1.807, 2.05) is 36.6 Å². The number of carbonyl (C=O) groups is 2. The predicted octanol–water partition coefficient (Wildman–Crippen LogP) is 2.34. The molecule has 1 aromatic carbocycles. The lowest BCUT2D eigenvalue weighted by molar-refractivity contribution is -0.147. The molecule has 0 radical (unpaired) electrons. The van der Waals surface area contributed by atoms with E-state index in [0.717, 1.165) is 10.5 Å². The minimum absolute atomic E-state index is 0.252. The first-order chi connectivity index (χ1) is 10.6. The van der Waals surface area contributed by atoms with Crippen molar-refractivity contribution >= 4 is 29.7 Å². The Morgan fingerprint density at radius 1 is 1.36 bits per heavy atom. The van der Waals surface area contributed by atoms with Crippen LogP contribution in [-0.4, -0.2) is 43.2 Å². The van der Waals surface area contributed by atoms with Crippen LogP contribution in [0.2, 0.25) is 0 Å². The van der Waals surface area contributed by atoms with Crippen molar-refractivity contribution in [3.63, 3.8) is 0 Å². The largest absolute Gasteiger partial charge is 0.452 e. The lowest BCUT2D eigenvalue weighted by Crippen LogP contribution is -2.31. The highest BCUT2D eigenvalue weighted by Crippen LogP contribution is 2.15. The molecule has 0 aliphatic rings. The van der Waals surface area contributed by atoms with E-state index in [-0.39, 0.29) is 18.9 Å². The number of esters is 1. The molecule has 0 bridgehead atoms. The Balaban J connectivity index is 2.40. The minimum atomic E-state index is -0.573. The molecule has 22 heavy (non-hydrogen) atoms. The van der Waals surface area contributed by atoms with Crippen molar-refractivity contribution < 1.29 is 14.3 Å². The molecule has 116 valence electrons. The van der Waals surface area contributed by atoms with Crippen molar-refractivity contribution in [2.45, 2.75) is 11.3 Å². The number of rotatable bonds is 7. The first kappa shape index (κ1) is 17.8. The highest BCUT2D eigenvalue weighted by molar-refractivity contribution is 7.98. The van der Waals surface area contributed by atoms with E-state index in [9.17, 15) is 9.59 Å². The van der Waals surface area contributed by atoms with E-state index < -0.39 is 5.97 Å². The minimum Gasteiger partial charge on any atom is -0.452 e. The number of likely N-dealkylation sites (N-methyl/N-ethyl adjacent to an activating group) is 1. The molecular formula is C16H18N2O3S. The Morgan fingerprint density at radius 3 is 2.64 bits per heavy atom. The zero-order chi connectivity index (χ0) is 16.4. The molecule has 0 atom stereocenters. The lowest BCUT2D eigenvalue weighted by Gasteiger charge is -2.14. The second kappa shape index (κ2) is 9.64. The molecule has 0 saturated carbocycles. The Kier molecular flexibility index (Phi) is 7.79.